The molecule has 0 aliphatic heterocycles. The molecule has 6 nitrogen and oxygen atoms in total. The summed E-state index contributed by atoms with van der Waals surface area (Å²) in [4.78, 5) is 16.6. The Morgan fingerprint density at radius 3 is 2.77 bits per heavy atom. The monoisotopic (exact) mass is 411 g/mol. The number of imidazole rings is 1. The molecule has 3 rings (SSSR count). The van der Waals surface area contributed by atoms with Crippen LogP contribution < -0.4 is 14.8 Å². The number of methoxy groups -OCH3 is 1. The van der Waals surface area contributed by atoms with Crippen LogP contribution in [0.15, 0.2) is 42.5 Å². The molecule has 0 bridgehead atoms. The van der Waals surface area contributed by atoms with Crippen molar-refractivity contribution in [3.63, 3.8) is 0 Å². The van der Waals surface area contributed by atoms with Crippen molar-refractivity contribution in [1.29, 1.82) is 0 Å². The molecule has 0 saturated heterocycles. The Bertz CT molecular complexity index is 1070. The van der Waals surface area contributed by atoms with E-state index in [2.05, 4.69) is 10.3 Å². The Morgan fingerprint density at radius 1 is 1.23 bits per heavy atom. The van der Waals surface area contributed by atoms with Gasteiger partial charge in [-0.1, -0.05) is 6.07 Å². The molecule has 0 aliphatic carbocycles. The summed E-state index contributed by atoms with van der Waals surface area (Å²) in [5.74, 6) is 1.54. The lowest BCUT2D eigenvalue weighted by atomic mass is 10.2. The van der Waals surface area contributed by atoms with Crippen LogP contribution in [0.3, 0.4) is 0 Å². The minimum Gasteiger partial charge on any atom is -0.493 e. The maximum atomic E-state index is 13.4. The molecule has 0 unspecified atom stereocenters. The summed E-state index contributed by atoms with van der Waals surface area (Å²) < 4.78 is 26.3. The Morgan fingerprint density at radius 2 is 2.03 bits per heavy atom. The zero-order valence-electron chi connectivity index (χ0n) is 17.6. The van der Waals surface area contributed by atoms with Crippen molar-refractivity contribution < 1.29 is 18.7 Å². The van der Waals surface area contributed by atoms with Gasteiger partial charge in [-0.2, -0.15) is 0 Å². The zero-order valence-corrected chi connectivity index (χ0v) is 17.6. The molecule has 1 heterocycles. The van der Waals surface area contributed by atoms with Crippen molar-refractivity contribution in [2.75, 3.05) is 13.7 Å². The van der Waals surface area contributed by atoms with Crippen molar-refractivity contribution in [3.05, 3.63) is 59.7 Å². The summed E-state index contributed by atoms with van der Waals surface area (Å²) >= 11 is 0. The van der Waals surface area contributed by atoms with E-state index in [9.17, 15) is 9.18 Å². The molecule has 2 aromatic carbocycles. The number of rotatable bonds is 8. The average Bonchev–Trinajstić information content (AvgIpc) is 3.01. The summed E-state index contributed by atoms with van der Waals surface area (Å²) in [5, 5.41) is 2.84. The van der Waals surface area contributed by atoms with Gasteiger partial charge < -0.3 is 19.4 Å². The predicted molar refractivity (Wildman–Crippen MR) is 115 cm³/mol. The van der Waals surface area contributed by atoms with E-state index in [1.165, 1.54) is 18.2 Å². The molecule has 1 amide bonds. The van der Waals surface area contributed by atoms with Gasteiger partial charge in [0.1, 0.15) is 11.6 Å². The molecule has 0 atom stereocenters. The summed E-state index contributed by atoms with van der Waals surface area (Å²) in [7, 11) is 3.46. The molecule has 1 N–H and O–H groups in total. The van der Waals surface area contributed by atoms with Crippen LogP contribution in [0.2, 0.25) is 0 Å². The van der Waals surface area contributed by atoms with Crippen molar-refractivity contribution in [2.24, 2.45) is 7.05 Å². The number of aryl methyl sites for hydroxylation is 1. The van der Waals surface area contributed by atoms with Gasteiger partial charge in [-0.25, -0.2) is 9.37 Å². The number of fused-ring (bicyclic) bond motifs is 1. The minimum atomic E-state index is -0.314. The van der Waals surface area contributed by atoms with Crippen molar-refractivity contribution >= 4 is 23.0 Å². The molecular formula is C23H26FN3O3. The first kappa shape index (κ1) is 21.4. The lowest BCUT2D eigenvalue weighted by Gasteiger charge is -2.13. The Hall–Kier alpha value is -3.35. The topological polar surface area (TPSA) is 65.4 Å². The number of carbonyl (C=O) groups is 1. The molecule has 0 saturated carbocycles. The third-order valence-corrected chi connectivity index (χ3v) is 4.56. The quantitative estimate of drug-likeness (QED) is 0.572. The maximum absolute atomic E-state index is 13.4. The van der Waals surface area contributed by atoms with Gasteiger partial charge in [-0.15, -0.1) is 0 Å². The van der Waals surface area contributed by atoms with E-state index in [1.807, 2.05) is 43.7 Å². The number of nitrogens with one attached hydrogen (secondary N) is 1. The SMILES string of the molecule is COc1cc(/C=C/C(=O)NCCc2nc3cc(F)ccc3n2C)ccc1OC(C)C. The normalized spacial score (nSPS) is 11.4. The zero-order chi connectivity index (χ0) is 21.7. The molecule has 0 fully saturated rings. The number of hydrogen-bond donors (Lipinski definition) is 1. The summed E-state index contributed by atoms with van der Waals surface area (Å²) in [5.41, 5.74) is 2.30. The largest absolute Gasteiger partial charge is 0.493 e. The third-order valence-electron chi connectivity index (χ3n) is 4.56. The van der Waals surface area contributed by atoms with Crippen LogP contribution in [-0.2, 0) is 18.3 Å². The van der Waals surface area contributed by atoms with Gasteiger partial charge in [-0.3, -0.25) is 4.79 Å². The number of carbonyl (C=O) groups excluding carboxylic acids is 1. The van der Waals surface area contributed by atoms with E-state index in [-0.39, 0.29) is 17.8 Å². The van der Waals surface area contributed by atoms with E-state index in [1.54, 1.807) is 19.3 Å². The van der Waals surface area contributed by atoms with E-state index in [0.717, 1.165) is 16.9 Å². The molecule has 158 valence electrons. The summed E-state index contributed by atoms with van der Waals surface area (Å²) in [6, 6.07) is 10.0. The van der Waals surface area contributed by atoms with Crippen molar-refractivity contribution in [3.8, 4) is 11.5 Å². The van der Waals surface area contributed by atoms with E-state index >= 15 is 0 Å². The first-order chi connectivity index (χ1) is 14.4. The summed E-state index contributed by atoms with van der Waals surface area (Å²) in [6.45, 7) is 4.32. The van der Waals surface area contributed by atoms with E-state index in [4.69, 9.17) is 9.47 Å². The van der Waals surface area contributed by atoms with Crippen LogP contribution >= 0.6 is 0 Å². The van der Waals surface area contributed by atoms with E-state index < -0.39 is 0 Å². The average molecular weight is 411 g/mol. The number of nitrogens with zero attached hydrogens (tertiary/aromatic N) is 2. The third kappa shape index (κ3) is 5.17. The van der Waals surface area contributed by atoms with Crippen LogP contribution in [0.1, 0.15) is 25.2 Å². The predicted octanol–water partition coefficient (Wildman–Crippen LogP) is 3.88. The molecule has 1 aromatic heterocycles. The molecule has 0 aliphatic rings. The summed E-state index contributed by atoms with van der Waals surface area (Å²) in [6.07, 6.45) is 3.78. The van der Waals surface area contributed by atoms with Crippen molar-refractivity contribution in [2.45, 2.75) is 26.4 Å². The van der Waals surface area contributed by atoms with Gasteiger partial charge in [0.25, 0.3) is 0 Å². The first-order valence-corrected chi connectivity index (χ1v) is 9.79. The highest BCUT2D eigenvalue weighted by atomic mass is 19.1. The van der Waals surface area contributed by atoms with Gasteiger partial charge in [0, 0.05) is 32.2 Å². The van der Waals surface area contributed by atoms with Gasteiger partial charge >= 0.3 is 0 Å². The van der Waals surface area contributed by atoms with Gasteiger partial charge in [-0.05, 0) is 49.8 Å². The number of halogens is 1. The first-order valence-electron chi connectivity index (χ1n) is 9.79. The molecule has 0 spiro atoms. The number of hydrogen-bond acceptors (Lipinski definition) is 4. The fourth-order valence-corrected chi connectivity index (χ4v) is 3.11. The Kier molecular flexibility index (Phi) is 6.72. The van der Waals surface area contributed by atoms with Gasteiger partial charge in [0.2, 0.25) is 5.91 Å². The van der Waals surface area contributed by atoms with Crippen LogP contribution in [-0.4, -0.2) is 35.2 Å². The second-order valence-corrected chi connectivity index (χ2v) is 7.17. The second-order valence-electron chi connectivity index (χ2n) is 7.17. The fourth-order valence-electron chi connectivity index (χ4n) is 3.11. The lowest BCUT2D eigenvalue weighted by Crippen LogP contribution is -2.24. The van der Waals surface area contributed by atoms with Gasteiger partial charge in [0.05, 0.1) is 24.2 Å². The second kappa shape index (κ2) is 9.43. The lowest BCUT2D eigenvalue weighted by molar-refractivity contribution is -0.116. The van der Waals surface area contributed by atoms with Crippen LogP contribution in [0.5, 0.6) is 11.5 Å². The smallest absolute Gasteiger partial charge is 0.244 e. The maximum Gasteiger partial charge on any atom is 0.244 e. The number of aromatic nitrogens is 2. The van der Waals surface area contributed by atoms with Crippen LogP contribution in [0.4, 0.5) is 4.39 Å². The Balaban J connectivity index is 1.57. The minimum absolute atomic E-state index is 0.0430. The number of ether oxygens (including phenoxy) is 2. The highest BCUT2D eigenvalue weighted by Gasteiger charge is 2.09. The van der Waals surface area contributed by atoms with Crippen LogP contribution in [0.25, 0.3) is 17.1 Å². The van der Waals surface area contributed by atoms with E-state index in [0.29, 0.717) is 30.0 Å². The molecule has 7 heteroatoms. The molecule has 30 heavy (non-hydrogen) atoms. The number of amides is 1. The molecule has 0 radical (unpaired) electrons. The highest BCUT2D eigenvalue weighted by Crippen LogP contribution is 2.29. The molecule has 3 aromatic rings. The molecular weight excluding hydrogens is 385 g/mol. The highest BCUT2D eigenvalue weighted by molar-refractivity contribution is 5.91. The van der Waals surface area contributed by atoms with Crippen molar-refractivity contribution in [1.82, 2.24) is 14.9 Å². The van der Waals surface area contributed by atoms with Gasteiger partial charge in [0.15, 0.2) is 11.5 Å². The fraction of sp³-hybridized carbons (Fsp3) is 0.304. The Labute approximate surface area is 175 Å². The van der Waals surface area contributed by atoms with Crippen LogP contribution in [0, 0.1) is 5.82 Å². The number of benzene rings is 2. The standard InChI is InChI=1S/C23H26FN3O3/c1-15(2)30-20-9-5-16(13-21(20)29-4)6-10-23(28)25-12-11-22-26-18-14-17(24)7-8-19(18)27(22)3/h5-10,13-15H,11-12H2,1-4H3,(H,25,28)/b10-6+.